The van der Waals surface area contributed by atoms with E-state index in [0.717, 1.165) is 16.9 Å². The summed E-state index contributed by atoms with van der Waals surface area (Å²) in [5.41, 5.74) is 1.07. The number of amides is 2. The van der Waals surface area contributed by atoms with Crippen LogP contribution in [0, 0.1) is 12.8 Å². The number of carbonyl (C=O) groups is 2. The molecule has 2 atom stereocenters. The summed E-state index contributed by atoms with van der Waals surface area (Å²) in [5, 5.41) is -0.644. The average molecular weight is 435 g/mol. The highest BCUT2D eigenvalue weighted by Crippen LogP contribution is 2.19. The Kier molecular flexibility index (Phi) is 9.18. The number of alkyl halides is 1. The van der Waals surface area contributed by atoms with E-state index in [4.69, 9.17) is 11.6 Å². The fourth-order valence-corrected chi connectivity index (χ4v) is 4.09. The number of aryl methyl sites for hydroxylation is 1. The van der Waals surface area contributed by atoms with E-state index in [-0.39, 0.29) is 18.4 Å². The summed E-state index contributed by atoms with van der Waals surface area (Å²) >= 11 is 7.75. The number of halogens is 1. The monoisotopic (exact) mass is 434 g/mol. The van der Waals surface area contributed by atoms with E-state index in [2.05, 4.69) is 32.9 Å². The van der Waals surface area contributed by atoms with Crippen molar-refractivity contribution in [2.75, 3.05) is 13.1 Å². The lowest BCUT2D eigenvalue weighted by atomic mass is 10.1. The maximum Gasteiger partial charge on any atom is 0.242 e. The van der Waals surface area contributed by atoms with Gasteiger partial charge < -0.3 is 9.80 Å². The Bertz CT molecular complexity index is 791. The molecule has 2 rings (SSSR count). The second-order valence-electron chi connectivity index (χ2n) is 7.60. The van der Waals surface area contributed by atoms with Gasteiger partial charge in [-0.1, -0.05) is 50.6 Å². The molecule has 0 fully saturated rings. The lowest BCUT2D eigenvalue weighted by Gasteiger charge is -2.30. The van der Waals surface area contributed by atoms with Crippen molar-refractivity contribution in [3.05, 3.63) is 57.8 Å². The summed E-state index contributed by atoms with van der Waals surface area (Å²) in [6, 6.07) is 14.1. The molecule has 158 valence electrons. The van der Waals surface area contributed by atoms with Gasteiger partial charge in [0.15, 0.2) is 0 Å². The maximum absolute atomic E-state index is 13.3. The molecule has 0 saturated carbocycles. The van der Waals surface area contributed by atoms with Crippen LogP contribution in [0.4, 0.5) is 0 Å². The van der Waals surface area contributed by atoms with Crippen LogP contribution in [0.5, 0.6) is 0 Å². The summed E-state index contributed by atoms with van der Waals surface area (Å²) in [6.07, 6.45) is 0.941. The highest BCUT2D eigenvalue weighted by molar-refractivity contribution is 7.11. The van der Waals surface area contributed by atoms with E-state index in [0.29, 0.717) is 25.6 Å². The van der Waals surface area contributed by atoms with Gasteiger partial charge in [0.2, 0.25) is 11.8 Å². The summed E-state index contributed by atoms with van der Waals surface area (Å²) in [4.78, 5) is 31.7. The van der Waals surface area contributed by atoms with E-state index in [1.54, 1.807) is 23.2 Å². The minimum Gasteiger partial charge on any atom is -0.332 e. The molecule has 1 heterocycles. The molecule has 0 radical (unpaired) electrons. The third-order valence-electron chi connectivity index (χ3n) is 4.92. The van der Waals surface area contributed by atoms with E-state index in [1.807, 2.05) is 35.2 Å². The van der Waals surface area contributed by atoms with Crippen LogP contribution in [0.3, 0.4) is 0 Å². The number of rotatable bonds is 10. The first-order valence-corrected chi connectivity index (χ1v) is 11.3. The molecule has 0 spiro atoms. The van der Waals surface area contributed by atoms with Gasteiger partial charge in [0.05, 0.1) is 13.1 Å². The molecule has 0 N–H and O–H groups in total. The van der Waals surface area contributed by atoms with Crippen molar-refractivity contribution >= 4 is 34.8 Å². The van der Waals surface area contributed by atoms with Crippen molar-refractivity contribution in [1.29, 1.82) is 0 Å². The lowest BCUT2D eigenvalue weighted by Crippen LogP contribution is -2.46. The molecule has 0 aliphatic heterocycles. The van der Waals surface area contributed by atoms with Crippen LogP contribution >= 0.6 is 22.9 Å². The molecule has 1 aromatic heterocycles. The summed E-state index contributed by atoms with van der Waals surface area (Å²) in [5.74, 6) is 0.0607. The maximum atomic E-state index is 13.3. The van der Waals surface area contributed by atoms with Crippen LogP contribution < -0.4 is 0 Å². The number of hydrogen-bond acceptors (Lipinski definition) is 3. The van der Waals surface area contributed by atoms with Crippen LogP contribution in [0.2, 0.25) is 0 Å². The number of thiophene rings is 1. The van der Waals surface area contributed by atoms with Crippen molar-refractivity contribution in [2.24, 2.45) is 5.92 Å². The zero-order chi connectivity index (χ0) is 21.4. The fourth-order valence-electron chi connectivity index (χ4n) is 3.05. The minimum atomic E-state index is -0.644. The quantitative estimate of drug-likeness (QED) is 0.489. The van der Waals surface area contributed by atoms with Gasteiger partial charge in [-0.2, -0.15) is 0 Å². The van der Waals surface area contributed by atoms with Crippen molar-refractivity contribution in [1.82, 2.24) is 9.80 Å². The lowest BCUT2D eigenvalue weighted by molar-refractivity contribution is -0.141. The van der Waals surface area contributed by atoms with Crippen molar-refractivity contribution < 1.29 is 9.59 Å². The second kappa shape index (κ2) is 11.4. The molecule has 0 saturated heterocycles. The van der Waals surface area contributed by atoms with Gasteiger partial charge in [0.1, 0.15) is 5.38 Å². The Morgan fingerprint density at radius 1 is 1.03 bits per heavy atom. The van der Waals surface area contributed by atoms with Gasteiger partial charge in [-0.15, -0.1) is 22.9 Å². The molecule has 0 aliphatic carbocycles. The molecule has 2 aromatic rings. The minimum absolute atomic E-state index is 0.0530. The Hall–Kier alpha value is -1.85. The van der Waals surface area contributed by atoms with Gasteiger partial charge in [0, 0.05) is 22.8 Å². The molecule has 2 amide bonds. The zero-order valence-electron chi connectivity index (χ0n) is 17.7. The third-order valence-corrected chi connectivity index (χ3v) is 6.09. The highest BCUT2D eigenvalue weighted by Gasteiger charge is 2.25. The first-order valence-electron chi connectivity index (χ1n) is 10.1. The molecular weight excluding hydrogens is 404 g/mol. The van der Waals surface area contributed by atoms with Crippen LogP contribution in [0.15, 0.2) is 42.5 Å². The summed E-state index contributed by atoms with van der Waals surface area (Å²) in [6.45, 7) is 9.53. The van der Waals surface area contributed by atoms with Gasteiger partial charge >= 0.3 is 0 Å². The first kappa shape index (κ1) is 23.4. The Morgan fingerprint density at radius 3 is 2.28 bits per heavy atom. The topological polar surface area (TPSA) is 40.6 Å². The van der Waals surface area contributed by atoms with E-state index in [9.17, 15) is 9.59 Å². The molecule has 1 aromatic carbocycles. The zero-order valence-corrected chi connectivity index (χ0v) is 19.3. The number of nitrogens with zero attached hydrogens (tertiary/aromatic N) is 2. The van der Waals surface area contributed by atoms with Crippen LogP contribution in [-0.4, -0.2) is 40.1 Å². The van der Waals surface area contributed by atoms with E-state index < -0.39 is 5.38 Å². The van der Waals surface area contributed by atoms with E-state index in [1.165, 1.54) is 4.88 Å². The normalized spacial score (nSPS) is 13.0. The van der Waals surface area contributed by atoms with Gasteiger partial charge in [0.25, 0.3) is 0 Å². The number of carbonyl (C=O) groups excluding carboxylic acids is 2. The van der Waals surface area contributed by atoms with Crippen molar-refractivity contribution in [3.8, 4) is 0 Å². The molecular formula is C23H31ClN2O2S. The molecule has 0 bridgehead atoms. The fraction of sp³-hybridized carbons (Fsp3) is 0.478. The number of benzene rings is 1. The molecule has 29 heavy (non-hydrogen) atoms. The second-order valence-corrected chi connectivity index (χ2v) is 9.62. The molecule has 4 nitrogen and oxygen atoms in total. The number of hydrogen-bond donors (Lipinski definition) is 0. The predicted octanol–water partition coefficient (Wildman–Crippen LogP) is 5.09. The van der Waals surface area contributed by atoms with Gasteiger partial charge in [-0.05, 0) is 37.5 Å². The predicted molar refractivity (Wildman–Crippen MR) is 121 cm³/mol. The van der Waals surface area contributed by atoms with Crippen LogP contribution in [0.25, 0.3) is 0 Å². The van der Waals surface area contributed by atoms with Crippen LogP contribution in [-0.2, 0) is 22.7 Å². The average Bonchev–Trinajstić information content (AvgIpc) is 3.11. The molecule has 2 unspecified atom stereocenters. The largest absolute Gasteiger partial charge is 0.332 e. The highest BCUT2D eigenvalue weighted by atomic mass is 35.5. The van der Waals surface area contributed by atoms with Crippen molar-refractivity contribution in [3.63, 3.8) is 0 Å². The Morgan fingerprint density at radius 2 is 1.72 bits per heavy atom. The van der Waals surface area contributed by atoms with Gasteiger partial charge in [-0.3, -0.25) is 9.59 Å². The first-order chi connectivity index (χ1) is 13.8. The Balaban J connectivity index is 2.19. The third kappa shape index (κ3) is 7.48. The van der Waals surface area contributed by atoms with Gasteiger partial charge in [-0.25, -0.2) is 0 Å². The van der Waals surface area contributed by atoms with Crippen molar-refractivity contribution in [2.45, 2.75) is 52.6 Å². The Labute approximate surface area is 183 Å². The standard InChI is InChI=1S/C23H31ClN2O2S/c1-5-17(2)13-26(23(28)19(4)24)16-22(27)25(14-20-9-7-6-8-10-20)15-21-12-11-18(3)29-21/h6-12,17,19H,5,13-16H2,1-4H3. The molecule has 6 heteroatoms. The summed E-state index contributed by atoms with van der Waals surface area (Å²) < 4.78 is 0. The SMILES string of the molecule is CCC(C)CN(CC(=O)N(Cc1ccccc1)Cc1ccc(C)s1)C(=O)C(C)Cl. The smallest absolute Gasteiger partial charge is 0.242 e. The van der Waals surface area contributed by atoms with E-state index >= 15 is 0 Å². The summed E-state index contributed by atoms with van der Waals surface area (Å²) in [7, 11) is 0. The van der Waals surface area contributed by atoms with Crippen LogP contribution in [0.1, 0.15) is 42.5 Å². The molecule has 0 aliphatic rings.